The Morgan fingerprint density at radius 3 is 2.31 bits per heavy atom. The van der Waals surface area contributed by atoms with Crippen LogP contribution in [0.2, 0.25) is 0 Å². The van der Waals surface area contributed by atoms with Gasteiger partial charge in [-0.05, 0) is 24.5 Å². The third-order valence-corrected chi connectivity index (χ3v) is 2.62. The SMILES string of the molecule is CC(O)c1ccc(C[C@H](C)/C(N)=N/O)cc1. The normalized spacial score (nSPS) is 15.8. The number of aliphatic hydroxyl groups is 1. The van der Waals surface area contributed by atoms with Crippen molar-refractivity contribution >= 4 is 5.84 Å². The summed E-state index contributed by atoms with van der Waals surface area (Å²) in [6.45, 7) is 3.63. The summed E-state index contributed by atoms with van der Waals surface area (Å²) in [7, 11) is 0. The summed E-state index contributed by atoms with van der Waals surface area (Å²) >= 11 is 0. The van der Waals surface area contributed by atoms with E-state index in [0.717, 1.165) is 17.5 Å². The van der Waals surface area contributed by atoms with Crippen LogP contribution in [0, 0.1) is 5.92 Å². The molecule has 4 N–H and O–H groups in total. The predicted octanol–water partition coefficient (Wildman–Crippen LogP) is 1.66. The van der Waals surface area contributed by atoms with Crippen LogP contribution in [-0.4, -0.2) is 16.1 Å². The van der Waals surface area contributed by atoms with Gasteiger partial charge in [0, 0.05) is 5.92 Å². The fourth-order valence-electron chi connectivity index (χ4n) is 1.49. The van der Waals surface area contributed by atoms with Crippen LogP contribution in [0.25, 0.3) is 0 Å². The molecule has 0 aliphatic rings. The van der Waals surface area contributed by atoms with Gasteiger partial charge < -0.3 is 16.0 Å². The zero-order chi connectivity index (χ0) is 12.1. The molecule has 0 aromatic heterocycles. The minimum atomic E-state index is -0.449. The van der Waals surface area contributed by atoms with Crippen molar-refractivity contribution in [2.75, 3.05) is 0 Å². The summed E-state index contributed by atoms with van der Waals surface area (Å²) in [5, 5.41) is 20.9. The van der Waals surface area contributed by atoms with Crippen molar-refractivity contribution in [3.8, 4) is 0 Å². The molecule has 0 saturated heterocycles. The van der Waals surface area contributed by atoms with Gasteiger partial charge in [0.2, 0.25) is 0 Å². The maximum absolute atomic E-state index is 9.35. The van der Waals surface area contributed by atoms with E-state index in [-0.39, 0.29) is 11.8 Å². The molecule has 4 nitrogen and oxygen atoms in total. The monoisotopic (exact) mass is 222 g/mol. The maximum Gasteiger partial charge on any atom is 0.142 e. The number of oxime groups is 1. The molecular weight excluding hydrogens is 204 g/mol. The molecule has 0 bridgehead atoms. The first-order valence-electron chi connectivity index (χ1n) is 5.29. The summed E-state index contributed by atoms with van der Waals surface area (Å²) in [6.07, 6.45) is 0.270. The molecule has 0 aliphatic carbocycles. The molecular formula is C12H18N2O2. The highest BCUT2D eigenvalue weighted by atomic mass is 16.4. The minimum Gasteiger partial charge on any atom is -0.409 e. The fraction of sp³-hybridized carbons (Fsp3) is 0.417. The van der Waals surface area contributed by atoms with E-state index in [1.165, 1.54) is 0 Å². The largest absolute Gasteiger partial charge is 0.409 e. The number of benzene rings is 1. The van der Waals surface area contributed by atoms with Gasteiger partial charge in [-0.25, -0.2) is 0 Å². The fourth-order valence-corrected chi connectivity index (χ4v) is 1.49. The lowest BCUT2D eigenvalue weighted by atomic mass is 9.98. The van der Waals surface area contributed by atoms with Crippen molar-refractivity contribution in [2.45, 2.75) is 26.4 Å². The predicted molar refractivity (Wildman–Crippen MR) is 63.4 cm³/mol. The number of aliphatic hydroxyl groups excluding tert-OH is 1. The van der Waals surface area contributed by atoms with Crippen molar-refractivity contribution in [3.63, 3.8) is 0 Å². The molecule has 4 heteroatoms. The van der Waals surface area contributed by atoms with E-state index in [2.05, 4.69) is 5.16 Å². The Kier molecular flexibility index (Phi) is 4.31. The molecule has 88 valence electrons. The lowest BCUT2D eigenvalue weighted by molar-refractivity contribution is 0.199. The number of nitrogens with two attached hydrogens (primary N) is 1. The van der Waals surface area contributed by atoms with E-state index in [1.54, 1.807) is 6.92 Å². The van der Waals surface area contributed by atoms with Gasteiger partial charge >= 0.3 is 0 Å². The van der Waals surface area contributed by atoms with E-state index in [0.29, 0.717) is 0 Å². The van der Waals surface area contributed by atoms with Crippen LogP contribution in [0.4, 0.5) is 0 Å². The second-order valence-electron chi connectivity index (χ2n) is 4.05. The molecule has 1 aromatic carbocycles. The van der Waals surface area contributed by atoms with Gasteiger partial charge in [0.15, 0.2) is 0 Å². The summed E-state index contributed by atoms with van der Waals surface area (Å²) < 4.78 is 0. The van der Waals surface area contributed by atoms with Crippen molar-refractivity contribution in [3.05, 3.63) is 35.4 Å². The summed E-state index contributed by atoms with van der Waals surface area (Å²) in [5.41, 5.74) is 7.49. The van der Waals surface area contributed by atoms with Crippen molar-refractivity contribution < 1.29 is 10.3 Å². The van der Waals surface area contributed by atoms with Crippen LogP contribution >= 0.6 is 0 Å². The summed E-state index contributed by atoms with van der Waals surface area (Å²) in [6, 6.07) is 7.67. The quantitative estimate of drug-likeness (QED) is 0.314. The van der Waals surface area contributed by atoms with E-state index >= 15 is 0 Å². The number of rotatable bonds is 4. The molecule has 0 fully saturated rings. The Hall–Kier alpha value is -1.55. The van der Waals surface area contributed by atoms with Gasteiger partial charge in [-0.1, -0.05) is 36.3 Å². The Bertz CT molecular complexity index is 358. The molecule has 0 amide bonds. The molecule has 0 saturated carbocycles. The maximum atomic E-state index is 9.35. The average molecular weight is 222 g/mol. The van der Waals surface area contributed by atoms with Crippen LogP contribution < -0.4 is 5.73 Å². The third-order valence-electron chi connectivity index (χ3n) is 2.62. The first-order chi connectivity index (χ1) is 7.54. The highest BCUT2D eigenvalue weighted by Crippen LogP contribution is 2.15. The number of hydrogen-bond acceptors (Lipinski definition) is 3. The van der Waals surface area contributed by atoms with Gasteiger partial charge in [-0.3, -0.25) is 0 Å². The van der Waals surface area contributed by atoms with Gasteiger partial charge in [-0.15, -0.1) is 0 Å². The lowest BCUT2D eigenvalue weighted by Gasteiger charge is -2.10. The Labute approximate surface area is 95.4 Å². The van der Waals surface area contributed by atoms with Gasteiger partial charge in [-0.2, -0.15) is 0 Å². The van der Waals surface area contributed by atoms with Crippen molar-refractivity contribution in [1.29, 1.82) is 0 Å². The zero-order valence-corrected chi connectivity index (χ0v) is 9.59. The second-order valence-corrected chi connectivity index (χ2v) is 4.05. The number of nitrogens with zero attached hydrogens (tertiary/aromatic N) is 1. The molecule has 2 atom stereocenters. The minimum absolute atomic E-state index is 0.00222. The van der Waals surface area contributed by atoms with Crippen molar-refractivity contribution in [1.82, 2.24) is 0 Å². The number of hydrogen-bond donors (Lipinski definition) is 3. The molecule has 1 unspecified atom stereocenters. The molecule has 0 spiro atoms. The van der Waals surface area contributed by atoms with Crippen LogP contribution in [0.3, 0.4) is 0 Å². The molecule has 1 rings (SSSR count). The van der Waals surface area contributed by atoms with E-state index < -0.39 is 6.10 Å². The van der Waals surface area contributed by atoms with Gasteiger partial charge in [0.25, 0.3) is 0 Å². The second kappa shape index (κ2) is 5.51. The first-order valence-corrected chi connectivity index (χ1v) is 5.29. The zero-order valence-electron chi connectivity index (χ0n) is 9.59. The summed E-state index contributed by atoms with van der Waals surface area (Å²) in [5.74, 6) is 0.238. The van der Waals surface area contributed by atoms with Crippen molar-refractivity contribution in [2.24, 2.45) is 16.8 Å². The Morgan fingerprint density at radius 2 is 1.88 bits per heavy atom. The molecule has 0 aliphatic heterocycles. The lowest BCUT2D eigenvalue weighted by Crippen LogP contribution is -2.22. The third kappa shape index (κ3) is 3.24. The van der Waals surface area contributed by atoms with E-state index in [4.69, 9.17) is 10.9 Å². The Balaban J connectivity index is 2.69. The smallest absolute Gasteiger partial charge is 0.142 e. The highest BCUT2D eigenvalue weighted by Gasteiger charge is 2.09. The topological polar surface area (TPSA) is 78.8 Å². The van der Waals surface area contributed by atoms with Gasteiger partial charge in [0.05, 0.1) is 6.10 Å². The van der Waals surface area contributed by atoms with Crippen LogP contribution in [-0.2, 0) is 6.42 Å². The van der Waals surface area contributed by atoms with Gasteiger partial charge in [0.1, 0.15) is 5.84 Å². The van der Waals surface area contributed by atoms with E-state index in [9.17, 15) is 5.11 Å². The van der Waals surface area contributed by atoms with E-state index in [1.807, 2.05) is 31.2 Å². The molecule has 16 heavy (non-hydrogen) atoms. The summed E-state index contributed by atoms with van der Waals surface area (Å²) in [4.78, 5) is 0. The molecule has 0 radical (unpaired) electrons. The molecule has 0 heterocycles. The Morgan fingerprint density at radius 1 is 1.31 bits per heavy atom. The highest BCUT2D eigenvalue weighted by molar-refractivity contribution is 5.82. The molecule has 1 aromatic rings. The standard InChI is InChI=1S/C12H18N2O2/c1-8(12(13)14-16)7-10-3-5-11(6-4-10)9(2)15/h3-6,8-9,15-16H,7H2,1-2H3,(H2,13,14)/t8-,9?/m0/s1. The number of amidine groups is 1. The average Bonchev–Trinajstić information content (AvgIpc) is 2.28. The first kappa shape index (κ1) is 12.5. The van der Waals surface area contributed by atoms with Crippen LogP contribution in [0.15, 0.2) is 29.4 Å². The van der Waals surface area contributed by atoms with Crippen LogP contribution in [0.1, 0.15) is 31.1 Å². The van der Waals surface area contributed by atoms with Crippen LogP contribution in [0.5, 0.6) is 0 Å².